The Kier molecular flexibility index (Phi) is 7.53. The zero-order valence-electron chi connectivity index (χ0n) is 27.4. The van der Waals surface area contributed by atoms with Gasteiger partial charge in [0.05, 0.1) is 0 Å². The molecule has 0 fully saturated rings. The quantitative estimate of drug-likeness (QED) is 0.173. The summed E-state index contributed by atoms with van der Waals surface area (Å²) in [7, 11) is 0. The average Bonchev–Trinajstić information content (AvgIpc) is 3.57. The molecule has 0 bridgehead atoms. The van der Waals surface area contributed by atoms with Crippen molar-refractivity contribution in [3.05, 3.63) is 200 Å². The van der Waals surface area contributed by atoms with Crippen LogP contribution in [0.2, 0.25) is 0 Å². The Morgan fingerprint density at radius 1 is 0.260 bits per heavy atom. The molecule has 9 aromatic rings. The molecule has 50 heavy (non-hydrogen) atoms. The summed E-state index contributed by atoms with van der Waals surface area (Å²) in [5, 5.41) is 2.25. The second-order valence-corrected chi connectivity index (χ2v) is 12.6. The van der Waals surface area contributed by atoms with Crippen molar-refractivity contribution in [3.63, 3.8) is 0 Å². The van der Waals surface area contributed by atoms with Crippen LogP contribution in [0.3, 0.4) is 0 Å². The van der Waals surface area contributed by atoms with Crippen LogP contribution in [-0.2, 0) is 0 Å². The number of hydrogen-bond acceptors (Lipinski definition) is 2. The summed E-state index contributed by atoms with van der Waals surface area (Å²) in [6.45, 7) is 0. The second kappa shape index (κ2) is 12.8. The molecule has 0 aliphatic rings. The van der Waals surface area contributed by atoms with Crippen LogP contribution in [0.25, 0.3) is 66.4 Å². The van der Waals surface area contributed by atoms with Gasteiger partial charge in [-0.05, 0) is 99.1 Å². The molecule has 2 heteroatoms. The molecule has 8 aromatic carbocycles. The minimum atomic E-state index is 0.873. The predicted octanol–water partition coefficient (Wildman–Crippen LogP) is 13.7. The van der Waals surface area contributed by atoms with Gasteiger partial charge >= 0.3 is 0 Å². The van der Waals surface area contributed by atoms with Gasteiger partial charge in [-0.1, -0.05) is 140 Å². The molecule has 1 aromatic heterocycles. The van der Waals surface area contributed by atoms with Crippen LogP contribution >= 0.6 is 0 Å². The lowest BCUT2D eigenvalue weighted by atomic mass is 9.98. The highest BCUT2D eigenvalue weighted by molar-refractivity contribution is 6.06. The van der Waals surface area contributed by atoms with Gasteiger partial charge in [-0.15, -0.1) is 0 Å². The van der Waals surface area contributed by atoms with Crippen molar-refractivity contribution in [3.8, 4) is 44.5 Å². The van der Waals surface area contributed by atoms with Crippen molar-refractivity contribution in [2.24, 2.45) is 0 Å². The third-order valence-corrected chi connectivity index (χ3v) is 9.48. The predicted molar refractivity (Wildman–Crippen MR) is 210 cm³/mol. The molecular formula is C48H33NO. The van der Waals surface area contributed by atoms with Gasteiger partial charge in [-0.25, -0.2) is 0 Å². The smallest absolute Gasteiger partial charge is 0.137 e. The number of hydrogen-bond donors (Lipinski definition) is 0. The highest BCUT2D eigenvalue weighted by Crippen LogP contribution is 2.40. The monoisotopic (exact) mass is 639 g/mol. The normalized spacial score (nSPS) is 11.2. The van der Waals surface area contributed by atoms with Crippen LogP contribution in [0.5, 0.6) is 0 Å². The van der Waals surface area contributed by atoms with Crippen LogP contribution in [0.4, 0.5) is 17.1 Å². The first kappa shape index (κ1) is 29.5. The molecule has 9 rings (SSSR count). The lowest BCUT2D eigenvalue weighted by Gasteiger charge is -2.26. The van der Waals surface area contributed by atoms with Crippen molar-refractivity contribution in [2.45, 2.75) is 0 Å². The molecule has 2 nitrogen and oxygen atoms in total. The van der Waals surface area contributed by atoms with E-state index in [1.54, 1.807) is 0 Å². The minimum absolute atomic E-state index is 0.873. The third kappa shape index (κ3) is 5.63. The number of anilines is 3. The molecule has 0 atom stereocenters. The molecule has 0 unspecified atom stereocenters. The average molecular weight is 640 g/mol. The second-order valence-electron chi connectivity index (χ2n) is 12.6. The number of nitrogens with zero attached hydrogens (tertiary/aromatic N) is 1. The number of furan rings is 1. The van der Waals surface area contributed by atoms with Gasteiger partial charge in [0, 0.05) is 33.9 Å². The molecule has 0 saturated carbocycles. The topological polar surface area (TPSA) is 16.4 Å². The van der Waals surface area contributed by atoms with E-state index in [1.807, 2.05) is 12.1 Å². The maximum atomic E-state index is 6.34. The van der Waals surface area contributed by atoms with E-state index in [0.717, 1.165) is 39.0 Å². The molecule has 1 heterocycles. The van der Waals surface area contributed by atoms with Gasteiger partial charge in [-0.2, -0.15) is 0 Å². The van der Waals surface area contributed by atoms with E-state index < -0.39 is 0 Å². The lowest BCUT2D eigenvalue weighted by Crippen LogP contribution is -2.09. The largest absolute Gasteiger partial charge is 0.456 e. The van der Waals surface area contributed by atoms with Crippen molar-refractivity contribution in [2.75, 3.05) is 4.90 Å². The Balaban J connectivity index is 1.10. The van der Waals surface area contributed by atoms with Crippen molar-refractivity contribution < 1.29 is 4.42 Å². The van der Waals surface area contributed by atoms with E-state index in [2.05, 4.69) is 193 Å². The van der Waals surface area contributed by atoms with Crippen LogP contribution in [0, 0.1) is 0 Å². The molecule has 0 aliphatic heterocycles. The minimum Gasteiger partial charge on any atom is -0.456 e. The third-order valence-electron chi connectivity index (χ3n) is 9.48. The zero-order valence-corrected chi connectivity index (χ0v) is 27.4. The standard InChI is InChI=1S/C48H33NO/c1-3-11-34(12-4-1)38-15-9-17-40(31-38)36-21-25-42(26-22-36)49(44-29-30-46-45-19-7-8-20-47(45)50-48(46)33-44)43-27-23-37(24-28-43)41-18-10-16-39(32-41)35-13-5-2-6-14-35/h1-33H. The Hall–Kier alpha value is -6.64. The number of fused-ring (bicyclic) bond motifs is 3. The molecule has 0 amide bonds. The number of para-hydroxylation sites is 1. The Morgan fingerprint density at radius 3 is 1.18 bits per heavy atom. The summed E-state index contributed by atoms with van der Waals surface area (Å²) in [4.78, 5) is 2.31. The molecule has 0 N–H and O–H groups in total. The Labute approximate surface area is 292 Å². The summed E-state index contributed by atoms with van der Waals surface area (Å²) >= 11 is 0. The van der Waals surface area contributed by atoms with Gasteiger partial charge in [-0.3, -0.25) is 0 Å². The highest BCUT2D eigenvalue weighted by Gasteiger charge is 2.16. The zero-order chi connectivity index (χ0) is 33.3. The number of rotatable bonds is 7. The first-order valence-corrected chi connectivity index (χ1v) is 17.0. The van der Waals surface area contributed by atoms with E-state index >= 15 is 0 Å². The molecule has 0 radical (unpaired) electrons. The van der Waals surface area contributed by atoms with E-state index in [1.165, 1.54) is 44.5 Å². The van der Waals surface area contributed by atoms with Crippen LogP contribution in [0.15, 0.2) is 205 Å². The van der Waals surface area contributed by atoms with E-state index in [0.29, 0.717) is 0 Å². The Bertz CT molecular complexity index is 2440. The summed E-state index contributed by atoms with van der Waals surface area (Å²) < 4.78 is 6.34. The number of benzene rings is 8. The van der Waals surface area contributed by atoms with E-state index in [9.17, 15) is 0 Å². The lowest BCUT2D eigenvalue weighted by molar-refractivity contribution is 0.669. The van der Waals surface area contributed by atoms with Crippen molar-refractivity contribution in [1.29, 1.82) is 0 Å². The molecule has 0 aliphatic carbocycles. The van der Waals surface area contributed by atoms with Crippen LogP contribution < -0.4 is 4.90 Å². The fourth-order valence-electron chi connectivity index (χ4n) is 6.92. The van der Waals surface area contributed by atoms with E-state index in [4.69, 9.17) is 4.42 Å². The first-order chi connectivity index (χ1) is 24.8. The van der Waals surface area contributed by atoms with Crippen LogP contribution in [0.1, 0.15) is 0 Å². The van der Waals surface area contributed by atoms with Gasteiger partial charge in [0.1, 0.15) is 11.2 Å². The first-order valence-electron chi connectivity index (χ1n) is 17.0. The summed E-state index contributed by atoms with van der Waals surface area (Å²) in [5.41, 5.74) is 14.5. The van der Waals surface area contributed by atoms with Crippen molar-refractivity contribution in [1.82, 2.24) is 0 Å². The summed E-state index contributed by atoms with van der Waals surface area (Å²) in [6.07, 6.45) is 0. The van der Waals surface area contributed by atoms with Gasteiger partial charge in [0.25, 0.3) is 0 Å². The molecule has 236 valence electrons. The molecule has 0 spiro atoms. The SMILES string of the molecule is c1ccc(-c2cccc(-c3ccc(N(c4ccc(-c5cccc(-c6ccccc6)c5)cc4)c4ccc5c(c4)oc4ccccc45)cc3)c2)cc1. The molecule has 0 saturated heterocycles. The van der Waals surface area contributed by atoms with Crippen molar-refractivity contribution >= 4 is 39.0 Å². The summed E-state index contributed by atoms with van der Waals surface area (Å²) in [5.74, 6) is 0. The summed E-state index contributed by atoms with van der Waals surface area (Å²) in [6, 6.07) is 71.1. The van der Waals surface area contributed by atoms with Crippen LogP contribution in [-0.4, -0.2) is 0 Å². The fourth-order valence-corrected chi connectivity index (χ4v) is 6.92. The molecular weight excluding hydrogens is 607 g/mol. The maximum Gasteiger partial charge on any atom is 0.137 e. The van der Waals surface area contributed by atoms with Gasteiger partial charge < -0.3 is 9.32 Å². The highest BCUT2D eigenvalue weighted by atomic mass is 16.3. The maximum absolute atomic E-state index is 6.34. The van der Waals surface area contributed by atoms with Gasteiger partial charge in [0.15, 0.2) is 0 Å². The van der Waals surface area contributed by atoms with E-state index in [-0.39, 0.29) is 0 Å². The Morgan fingerprint density at radius 2 is 0.660 bits per heavy atom. The fraction of sp³-hybridized carbons (Fsp3) is 0. The van der Waals surface area contributed by atoms with Gasteiger partial charge in [0.2, 0.25) is 0 Å².